The third-order valence-electron chi connectivity index (χ3n) is 6.93. The Morgan fingerprint density at radius 2 is 1.84 bits per heavy atom. The molecule has 1 aromatic rings. The Morgan fingerprint density at radius 3 is 2.45 bits per heavy atom. The zero-order valence-corrected chi connectivity index (χ0v) is 19.0. The van der Waals surface area contributed by atoms with Gasteiger partial charge in [-0.1, -0.05) is 29.3 Å². The molecule has 4 aliphatic rings. The molecule has 5 rings (SSSR count). The summed E-state index contributed by atoms with van der Waals surface area (Å²) in [7, 11) is 0. The Hall–Kier alpha value is -1.70. The Morgan fingerprint density at radius 1 is 1.13 bits per heavy atom. The van der Waals surface area contributed by atoms with Gasteiger partial charge in [0.15, 0.2) is 0 Å². The number of aliphatic carboxylic acids is 1. The zero-order valence-electron chi connectivity index (χ0n) is 16.7. The first-order valence-corrected chi connectivity index (χ1v) is 11.4. The van der Waals surface area contributed by atoms with Gasteiger partial charge in [0.1, 0.15) is 6.04 Å². The molecule has 4 fully saturated rings. The standard InChI is InChI=1S/C21H24Cl3N3O4/c22-13-2-1-3-14(23)16(13)17(28)27-15(18(29)30)8-25-19(31)26-10-20-5-11-4-12(7-20)21(24,6-11)9-20/h1-3,11-12,15H,4-10H2,(H,27,28)(H,29,30)(H2,25,26,31)/t11?,12?,15-,20?,21?/m0/s1. The van der Waals surface area contributed by atoms with E-state index in [0.717, 1.165) is 25.7 Å². The van der Waals surface area contributed by atoms with Crippen molar-refractivity contribution < 1.29 is 19.5 Å². The molecule has 5 atom stereocenters. The number of hydrogen-bond donors (Lipinski definition) is 4. The summed E-state index contributed by atoms with van der Waals surface area (Å²) in [5.41, 5.74) is 0.0221. The predicted molar refractivity (Wildman–Crippen MR) is 118 cm³/mol. The molecular weight excluding hydrogens is 465 g/mol. The van der Waals surface area contributed by atoms with Crippen molar-refractivity contribution >= 4 is 52.7 Å². The Labute approximate surface area is 195 Å². The SMILES string of the molecule is O=C(NC[C@H](NC(=O)c1c(Cl)cccc1Cl)C(=O)O)NCC12CC3CC(C1)C(Cl)(C3)C2. The van der Waals surface area contributed by atoms with Crippen molar-refractivity contribution in [1.82, 2.24) is 16.0 Å². The van der Waals surface area contributed by atoms with Crippen molar-refractivity contribution in [1.29, 1.82) is 0 Å². The molecule has 0 aromatic heterocycles. The lowest BCUT2D eigenvalue weighted by molar-refractivity contribution is -0.139. The van der Waals surface area contributed by atoms with E-state index in [-0.39, 0.29) is 32.4 Å². The summed E-state index contributed by atoms with van der Waals surface area (Å²) in [5, 5.41) is 17.4. The van der Waals surface area contributed by atoms with Gasteiger partial charge < -0.3 is 21.1 Å². The third-order valence-corrected chi connectivity index (χ3v) is 8.16. The van der Waals surface area contributed by atoms with E-state index in [1.165, 1.54) is 18.6 Å². The van der Waals surface area contributed by atoms with Gasteiger partial charge in [0.2, 0.25) is 0 Å². The maximum atomic E-state index is 12.4. The molecule has 3 amide bonds. The molecule has 4 bridgehead atoms. The molecule has 1 aromatic carbocycles. The molecular formula is C21H24Cl3N3O4. The highest BCUT2D eigenvalue weighted by Crippen LogP contribution is 2.68. The molecule has 0 heterocycles. The van der Waals surface area contributed by atoms with E-state index in [4.69, 9.17) is 34.8 Å². The number of amides is 3. The van der Waals surface area contributed by atoms with E-state index in [2.05, 4.69) is 16.0 Å². The van der Waals surface area contributed by atoms with E-state index in [0.29, 0.717) is 18.4 Å². The third kappa shape index (κ3) is 4.45. The number of carboxylic acids is 1. The van der Waals surface area contributed by atoms with Crippen LogP contribution in [-0.2, 0) is 4.79 Å². The molecule has 168 valence electrons. The van der Waals surface area contributed by atoms with Gasteiger partial charge in [0.25, 0.3) is 5.91 Å². The Kier molecular flexibility index (Phi) is 6.05. The van der Waals surface area contributed by atoms with E-state index in [9.17, 15) is 19.5 Å². The number of carbonyl (C=O) groups excluding carboxylic acids is 2. The van der Waals surface area contributed by atoms with Crippen molar-refractivity contribution in [3.8, 4) is 0 Å². The fraction of sp³-hybridized carbons (Fsp3) is 0.571. The van der Waals surface area contributed by atoms with Gasteiger partial charge in [0.05, 0.1) is 22.2 Å². The minimum Gasteiger partial charge on any atom is -0.480 e. The summed E-state index contributed by atoms with van der Waals surface area (Å²) in [6.07, 6.45) is 5.27. The van der Waals surface area contributed by atoms with Crippen LogP contribution in [0.15, 0.2) is 18.2 Å². The van der Waals surface area contributed by atoms with Gasteiger partial charge in [-0.25, -0.2) is 9.59 Å². The molecule has 4 N–H and O–H groups in total. The summed E-state index contributed by atoms with van der Waals surface area (Å²) in [6, 6.07) is 2.73. The molecule has 31 heavy (non-hydrogen) atoms. The van der Waals surface area contributed by atoms with Crippen molar-refractivity contribution in [2.75, 3.05) is 13.1 Å². The summed E-state index contributed by atoms with van der Waals surface area (Å²) >= 11 is 18.8. The van der Waals surface area contributed by atoms with Gasteiger partial charge >= 0.3 is 12.0 Å². The van der Waals surface area contributed by atoms with Gasteiger partial charge in [-0.15, -0.1) is 11.6 Å². The van der Waals surface area contributed by atoms with Crippen LogP contribution in [0, 0.1) is 17.3 Å². The van der Waals surface area contributed by atoms with E-state index < -0.39 is 23.9 Å². The van der Waals surface area contributed by atoms with Crippen molar-refractivity contribution in [3.05, 3.63) is 33.8 Å². The second kappa shape index (κ2) is 8.34. The fourth-order valence-corrected chi connectivity index (χ4v) is 7.08. The molecule has 7 nitrogen and oxygen atoms in total. The molecule has 0 radical (unpaired) electrons. The number of halogens is 3. The highest BCUT2D eigenvalue weighted by Gasteiger charge is 2.63. The summed E-state index contributed by atoms with van der Waals surface area (Å²) in [4.78, 5) is 36.2. The van der Waals surface area contributed by atoms with Crippen LogP contribution < -0.4 is 16.0 Å². The van der Waals surface area contributed by atoms with E-state index >= 15 is 0 Å². The van der Waals surface area contributed by atoms with Gasteiger partial charge in [-0.3, -0.25) is 4.79 Å². The molecule has 0 spiro atoms. The highest BCUT2D eigenvalue weighted by molar-refractivity contribution is 6.39. The first-order valence-electron chi connectivity index (χ1n) is 10.3. The van der Waals surface area contributed by atoms with E-state index in [1.54, 1.807) is 6.07 Å². The van der Waals surface area contributed by atoms with Crippen LogP contribution >= 0.6 is 34.8 Å². The molecule has 0 aliphatic heterocycles. The maximum absolute atomic E-state index is 12.4. The minimum absolute atomic E-state index is 0.0118. The normalized spacial score (nSPS) is 31.3. The van der Waals surface area contributed by atoms with Crippen molar-refractivity contribution in [2.24, 2.45) is 17.3 Å². The minimum atomic E-state index is -1.34. The molecule has 10 heteroatoms. The first-order chi connectivity index (χ1) is 14.6. The summed E-state index contributed by atoms with van der Waals surface area (Å²) in [6.45, 7) is 0.228. The van der Waals surface area contributed by atoms with Crippen LogP contribution in [0.5, 0.6) is 0 Å². The lowest BCUT2D eigenvalue weighted by Gasteiger charge is -2.39. The Balaban J connectivity index is 1.29. The average molecular weight is 489 g/mol. The first kappa shape index (κ1) is 22.5. The smallest absolute Gasteiger partial charge is 0.328 e. The maximum Gasteiger partial charge on any atom is 0.328 e. The Bertz CT molecular complexity index is 909. The quantitative estimate of drug-likeness (QED) is 0.439. The lowest BCUT2D eigenvalue weighted by atomic mass is 9.69. The zero-order chi connectivity index (χ0) is 22.4. The molecule has 4 aliphatic carbocycles. The number of carboxylic acid groups (broad SMARTS) is 1. The number of hydrogen-bond acceptors (Lipinski definition) is 3. The van der Waals surface area contributed by atoms with Crippen LogP contribution in [0.4, 0.5) is 4.79 Å². The average Bonchev–Trinajstić information content (AvgIpc) is 3.02. The molecule has 4 unspecified atom stereocenters. The topological polar surface area (TPSA) is 108 Å². The number of urea groups is 1. The van der Waals surface area contributed by atoms with Gasteiger partial charge in [-0.05, 0) is 61.5 Å². The molecule has 4 saturated carbocycles. The fourth-order valence-electron chi connectivity index (χ4n) is 5.84. The number of nitrogens with one attached hydrogen (secondary N) is 3. The number of benzene rings is 1. The van der Waals surface area contributed by atoms with Crippen LogP contribution in [0.2, 0.25) is 10.0 Å². The van der Waals surface area contributed by atoms with Crippen molar-refractivity contribution in [3.63, 3.8) is 0 Å². The van der Waals surface area contributed by atoms with Crippen molar-refractivity contribution in [2.45, 2.75) is 43.0 Å². The van der Waals surface area contributed by atoms with Gasteiger partial charge in [-0.2, -0.15) is 0 Å². The number of rotatable bonds is 7. The summed E-state index contributed by atoms with van der Waals surface area (Å²) in [5.74, 6) is -0.848. The lowest BCUT2D eigenvalue weighted by Crippen LogP contribution is -2.51. The van der Waals surface area contributed by atoms with E-state index in [1.807, 2.05) is 0 Å². The largest absolute Gasteiger partial charge is 0.480 e. The predicted octanol–water partition coefficient (Wildman–Crippen LogP) is 3.66. The van der Waals surface area contributed by atoms with Crippen LogP contribution in [-0.4, -0.2) is 47.0 Å². The summed E-state index contributed by atoms with van der Waals surface area (Å²) < 4.78 is 0. The number of carbonyl (C=O) groups is 3. The van der Waals surface area contributed by atoms with Crippen LogP contribution in [0.25, 0.3) is 0 Å². The highest BCUT2D eigenvalue weighted by atomic mass is 35.5. The number of alkyl halides is 1. The second-order valence-corrected chi connectivity index (χ2v) is 10.7. The monoisotopic (exact) mass is 487 g/mol. The van der Waals surface area contributed by atoms with Crippen LogP contribution in [0.3, 0.4) is 0 Å². The van der Waals surface area contributed by atoms with Crippen LogP contribution in [0.1, 0.15) is 42.5 Å². The molecule has 0 saturated heterocycles. The second-order valence-electron chi connectivity index (χ2n) is 9.15. The van der Waals surface area contributed by atoms with Gasteiger partial charge in [0, 0.05) is 11.4 Å².